The van der Waals surface area contributed by atoms with E-state index in [1.165, 1.54) is 4.90 Å². The fourth-order valence-electron chi connectivity index (χ4n) is 5.29. The van der Waals surface area contributed by atoms with Crippen molar-refractivity contribution in [2.45, 2.75) is 63.8 Å². The molecule has 2 aliphatic heterocycles. The molecule has 1 spiro atoms. The molecule has 2 unspecified atom stereocenters. The van der Waals surface area contributed by atoms with E-state index in [9.17, 15) is 14.7 Å². The lowest BCUT2D eigenvalue weighted by molar-refractivity contribution is -0.957. The van der Waals surface area contributed by atoms with E-state index >= 15 is 0 Å². The van der Waals surface area contributed by atoms with Gasteiger partial charge in [0.15, 0.2) is 5.66 Å². The van der Waals surface area contributed by atoms with Crippen molar-refractivity contribution in [1.29, 1.82) is 0 Å². The van der Waals surface area contributed by atoms with Crippen molar-refractivity contribution < 1.29 is 19.2 Å². The van der Waals surface area contributed by atoms with Crippen molar-refractivity contribution >= 4 is 23.8 Å². The molecule has 7 heteroatoms. The van der Waals surface area contributed by atoms with Crippen molar-refractivity contribution in [3.63, 3.8) is 0 Å². The van der Waals surface area contributed by atoms with Gasteiger partial charge in [0.05, 0.1) is 5.54 Å². The maximum Gasteiger partial charge on any atom is 0.407 e. The maximum atomic E-state index is 14.0. The summed E-state index contributed by atoms with van der Waals surface area (Å²) in [4.78, 5) is 27.0. The van der Waals surface area contributed by atoms with Gasteiger partial charge in [-0.3, -0.25) is 0 Å². The van der Waals surface area contributed by atoms with Crippen LogP contribution in [0.5, 0.6) is 0 Å². The molecule has 0 bridgehead atoms. The first-order chi connectivity index (χ1) is 13.7. The van der Waals surface area contributed by atoms with Crippen LogP contribution >= 0.6 is 11.8 Å². The minimum absolute atomic E-state index is 0.193. The highest BCUT2D eigenvalue weighted by Crippen LogP contribution is 2.47. The molecule has 0 aromatic heterocycles. The highest BCUT2D eigenvalue weighted by atomic mass is 32.2. The number of rotatable bonds is 5. The van der Waals surface area contributed by atoms with E-state index in [0.717, 1.165) is 17.7 Å². The topological polar surface area (TPSA) is 69.6 Å². The molecule has 2 fully saturated rings. The summed E-state index contributed by atoms with van der Waals surface area (Å²) >= 11 is 1.76. The Morgan fingerprint density at radius 3 is 2.41 bits per heavy atom. The Morgan fingerprint density at radius 1 is 1.28 bits per heavy atom. The van der Waals surface area contributed by atoms with Crippen LogP contribution < -0.4 is 5.32 Å². The molecule has 0 radical (unpaired) electrons. The summed E-state index contributed by atoms with van der Waals surface area (Å²) in [6.07, 6.45) is 3.28. The summed E-state index contributed by atoms with van der Waals surface area (Å²) in [5, 5.41) is 13.2. The van der Waals surface area contributed by atoms with Crippen LogP contribution in [0.4, 0.5) is 4.79 Å². The third-order valence-electron chi connectivity index (χ3n) is 6.73. The number of quaternary nitrogens is 1. The number of thioether (sulfide) groups is 1. The molecular formula is C22H34N3O3S+. The number of likely N-dealkylation sites (tertiary alicyclic amines) is 1. The molecule has 6 nitrogen and oxygen atoms in total. The van der Waals surface area contributed by atoms with Crippen LogP contribution in [0.2, 0.25) is 0 Å². The number of nitrogens with one attached hydrogen (secondary N) is 1. The minimum Gasteiger partial charge on any atom is -0.465 e. The SMILES string of the molecule is CSCCC1NC2(CCN(C(=O)O)CC2)[N+](Cc2ccccc2)(C(C)(C)C)C1=O. The molecule has 2 aliphatic rings. The van der Waals surface area contributed by atoms with Crippen molar-refractivity contribution in [1.82, 2.24) is 10.2 Å². The Kier molecular flexibility index (Phi) is 6.32. The van der Waals surface area contributed by atoms with Crippen LogP contribution in [0.1, 0.15) is 45.6 Å². The lowest BCUT2D eigenvalue weighted by atomic mass is 9.86. The summed E-state index contributed by atoms with van der Waals surface area (Å²) in [5.41, 5.74) is 0.378. The summed E-state index contributed by atoms with van der Waals surface area (Å²) in [6, 6.07) is 10.0. The number of carbonyl (C=O) groups excluding carboxylic acids is 1. The van der Waals surface area contributed by atoms with Gasteiger partial charge >= 0.3 is 12.0 Å². The van der Waals surface area contributed by atoms with E-state index < -0.39 is 11.8 Å². The first-order valence-corrected chi connectivity index (χ1v) is 11.8. The molecule has 1 aromatic rings. The quantitative estimate of drug-likeness (QED) is 0.713. The molecule has 160 valence electrons. The van der Waals surface area contributed by atoms with Gasteiger partial charge in [0, 0.05) is 31.5 Å². The summed E-state index contributed by atoms with van der Waals surface area (Å²) in [5.74, 6) is 1.18. The van der Waals surface area contributed by atoms with E-state index in [2.05, 4.69) is 44.5 Å². The molecule has 29 heavy (non-hydrogen) atoms. The molecule has 2 N–H and O–H groups in total. The first-order valence-electron chi connectivity index (χ1n) is 10.4. The summed E-state index contributed by atoms with van der Waals surface area (Å²) in [6.45, 7) is 7.98. The molecule has 0 aliphatic carbocycles. The predicted octanol–water partition coefficient (Wildman–Crippen LogP) is 3.52. The molecule has 2 saturated heterocycles. The van der Waals surface area contributed by atoms with E-state index in [0.29, 0.717) is 37.0 Å². The van der Waals surface area contributed by atoms with Crippen LogP contribution in [0.3, 0.4) is 0 Å². The largest absolute Gasteiger partial charge is 0.465 e. The van der Waals surface area contributed by atoms with E-state index in [1.54, 1.807) is 11.8 Å². The van der Waals surface area contributed by atoms with Crippen LogP contribution in [0, 0.1) is 0 Å². The second-order valence-corrected chi connectivity index (χ2v) is 10.2. The Hall–Kier alpha value is -1.57. The molecule has 0 saturated carbocycles. The molecule has 2 amide bonds. The molecule has 3 rings (SSSR count). The van der Waals surface area contributed by atoms with Crippen molar-refractivity contribution in [2.24, 2.45) is 0 Å². The fraction of sp³-hybridized carbons (Fsp3) is 0.636. The van der Waals surface area contributed by atoms with Gasteiger partial charge in [-0.2, -0.15) is 11.8 Å². The predicted molar refractivity (Wildman–Crippen MR) is 117 cm³/mol. The lowest BCUT2D eigenvalue weighted by Crippen LogP contribution is -2.75. The number of nitrogens with zero attached hydrogens (tertiary/aromatic N) is 2. The normalized spacial score (nSPS) is 26.8. The number of carboxylic acid groups (broad SMARTS) is 1. The maximum absolute atomic E-state index is 14.0. The van der Waals surface area contributed by atoms with E-state index in [4.69, 9.17) is 0 Å². The smallest absolute Gasteiger partial charge is 0.407 e. The van der Waals surface area contributed by atoms with Gasteiger partial charge in [0.2, 0.25) is 0 Å². The Morgan fingerprint density at radius 2 is 1.90 bits per heavy atom. The summed E-state index contributed by atoms with van der Waals surface area (Å²) < 4.78 is 0.330. The minimum atomic E-state index is -0.875. The van der Waals surface area contributed by atoms with Gasteiger partial charge in [-0.1, -0.05) is 30.3 Å². The number of amides is 2. The van der Waals surface area contributed by atoms with Gasteiger partial charge < -0.3 is 10.0 Å². The zero-order valence-corrected chi connectivity index (χ0v) is 18.8. The number of piperidine rings is 1. The van der Waals surface area contributed by atoms with Crippen LogP contribution in [0.15, 0.2) is 30.3 Å². The molecule has 1 aromatic carbocycles. The standard InChI is InChI=1S/C22H33N3O3S/c1-21(2,3)25(16-17-8-6-5-7-9-17)19(26)18(10-15-29-4)23-22(25)11-13-24(14-12-22)20(27)28/h5-9,18,23H,10-16H2,1-4H3/p+1. The Bertz CT molecular complexity index is 741. The molecular weight excluding hydrogens is 386 g/mol. The monoisotopic (exact) mass is 420 g/mol. The zero-order chi connectivity index (χ0) is 21.3. The number of benzene rings is 1. The highest BCUT2D eigenvalue weighted by Gasteiger charge is 2.69. The van der Waals surface area contributed by atoms with Gasteiger partial charge in [-0.25, -0.2) is 19.4 Å². The highest BCUT2D eigenvalue weighted by molar-refractivity contribution is 7.98. The number of carbonyl (C=O) groups is 2. The van der Waals surface area contributed by atoms with E-state index in [-0.39, 0.29) is 17.5 Å². The van der Waals surface area contributed by atoms with Crippen molar-refractivity contribution in [3.8, 4) is 0 Å². The molecule has 2 atom stereocenters. The Balaban J connectivity index is 2.06. The van der Waals surface area contributed by atoms with Crippen LogP contribution in [0.25, 0.3) is 0 Å². The van der Waals surface area contributed by atoms with Crippen LogP contribution in [-0.2, 0) is 11.3 Å². The second-order valence-electron chi connectivity index (χ2n) is 9.24. The third kappa shape index (κ3) is 3.80. The van der Waals surface area contributed by atoms with Gasteiger partial charge in [0.25, 0.3) is 0 Å². The number of hydrogen-bond acceptors (Lipinski definition) is 4. The van der Waals surface area contributed by atoms with Crippen molar-refractivity contribution in [2.75, 3.05) is 25.1 Å². The zero-order valence-electron chi connectivity index (χ0n) is 18.0. The van der Waals surface area contributed by atoms with E-state index in [1.807, 2.05) is 18.2 Å². The third-order valence-corrected chi connectivity index (χ3v) is 7.37. The first kappa shape index (κ1) is 22.1. The van der Waals surface area contributed by atoms with Gasteiger partial charge in [-0.05, 0) is 39.2 Å². The van der Waals surface area contributed by atoms with Crippen LogP contribution in [-0.4, -0.2) is 68.8 Å². The number of hydrogen-bond donors (Lipinski definition) is 2. The van der Waals surface area contributed by atoms with Crippen molar-refractivity contribution in [3.05, 3.63) is 35.9 Å². The lowest BCUT2D eigenvalue weighted by Gasteiger charge is -2.55. The second kappa shape index (κ2) is 8.28. The average molecular weight is 421 g/mol. The Labute approximate surface area is 178 Å². The van der Waals surface area contributed by atoms with Gasteiger partial charge in [0.1, 0.15) is 12.6 Å². The fourth-order valence-corrected chi connectivity index (χ4v) is 5.77. The average Bonchev–Trinajstić information content (AvgIpc) is 2.90. The summed E-state index contributed by atoms with van der Waals surface area (Å²) in [7, 11) is 0. The molecule has 2 heterocycles. The van der Waals surface area contributed by atoms with Gasteiger partial charge in [-0.15, -0.1) is 0 Å².